The van der Waals surface area contributed by atoms with Crippen LogP contribution in [0.2, 0.25) is 0 Å². The molecule has 0 radical (unpaired) electrons. The van der Waals surface area contributed by atoms with Crippen LogP contribution >= 0.6 is 0 Å². The first kappa shape index (κ1) is 14.0. The second kappa shape index (κ2) is 4.48. The molecule has 6 heteroatoms. The highest BCUT2D eigenvalue weighted by Crippen LogP contribution is 2.51. The van der Waals surface area contributed by atoms with Gasteiger partial charge in [0, 0.05) is 25.7 Å². The molecule has 2 saturated carbocycles. The van der Waals surface area contributed by atoms with Crippen LogP contribution in [0, 0.1) is 5.41 Å². The molecule has 2 bridgehead atoms. The second-order valence-corrected chi connectivity index (χ2v) is 8.35. The summed E-state index contributed by atoms with van der Waals surface area (Å²) in [7, 11) is 0. The summed E-state index contributed by atoms with van der Waals surface area (Å²) >= 11 is 0. The molecule has 7 rings (SSSR count). The molecular formula is C17H24O6. The zero-order valence-electron chi connectivity index (χ0n) is 13.3. The minimum atomic E-state index is -0.505. The third kappa shape index (κ3) is 2.03. The Hall–Kier alpha value is -0.240. The monoisotopic (exact) mass is 324 g/mol. The van der Waals surface area contributed by atoms with Crippen molar-refractivity contribution in [2.24, 2.45) is 5.41 Å². The fourth-order valence-electron chi connectivity index (χ4n) is 4.88. The smallest absolute Gasteiger partial charge is 0.194 e. The highest BCUT2D eigenvalue weighted by atomic mass is 16.7. The van der Waals surface area contributed by atoms with Crippen LogP contribution in [0.4, 0.5) is 0 Å². The van der Waals surface area contributed by atoms with Crippen LogP contribution in [-0.2, 0) is 28.4 Å². The Balaban J connectivity index is 1.12. The van der Waals surface area contributed by atoms with Crippen molar-refractivity contribution in [3.63, 3.8) is 0 Å². The van der Waals surface area contributed by atoms with Gasteiger partial charge in [-0.05, 0) is 12.8 Å². The molecule has 7 aliphatic rings. The Morgan fingerprint density at radius 2 is 1.48 bits per heavy atom. The van der Waals surface area contributed by atoms with Gasteiger partial charge in [0.1, 0.15) is 6.10 Å². The van der Waals surface area contributed by atoms with E-state index in [9.17, 15) is 0 Å². The van der Waals surface area contributed by atoms with E-state index in [1.165, 1.54) is 0 Å². The fraction of sp³-hybridized carbons (Fsp3) is 1.00. The van der Waals surface area contributed by atoms with E-state index in [-0.39, 0.29) is 11.5 Å². The summed E-state index contributed by atoms with van der Waals surface area (Å²) in [6.07, 6.45) is 7.30. The van der Waals surface area contributed by atoms with Crippen LogP contribution in [0.3, 0.4) is 0 Å². The molecule has 3 spiro atoms. The van der Waals surface area contributed by atoms with Crippen molar-refractivity contribution >= 4 is 0 Å². The van der Waals surface area contributed by atoms with Gasteiger partial charge in [-0.25, -0.2) is 0 Å². The average Bonchev–Trinajstić information content (AvgIpc) is 3.31. The molecule has 5 saturated heterocycles. The van der Waals surface area contributed by atoms with Crippen molar-refractivity contribution in [1.29, 1.82) is 0 Å². The Bertz CT molecular complexity index is 494. The molecule has 5 heterocycles. The van der Waals surface area contributed by atoms with Gasteiger partial charge in [-0.1, -0.05) is 0 Å². The van der Waals surface area contributed by atoms with Crippen molar-refractivity contribution in [3.05, 3.63) is 0 Å². The lowest BCUT2D eigenvalue weighted by Gasteiger charge is -2.58. The fourth-order valence-corrected chi connectivity index (χ4v) is 4.88. The lowest BCUT2D eigenvalue weighted by Crippen LogP contribution is -2.67. The van der Waals surface area contributed by atoms with Crippen molar-refractivity contribution in [2.45, 2.75) is 74.5 Å². The van der Waals surface area contributed by atoms with Gasteiger partial charge in [-0.3, -0.25) is 0 Å². The molecule has 0 aromatic rings. The van der Waals surface area contributed by atoms with Crippen molar-refractivity contribution in [1.82, 2.24) is 0 Å². The molecule has 23 heavy (non-hydrogen) atoms. The third-order valence-electron chi connectivity index (χ3n) is 6.68. The zero-order valence-corrected chi connectivity index (χ0v) is 13.3. The van der Waals surface area contributed by atoms with E-state index in [0.29, 0.717) is 44.7 Å². The molecule has 2 aliphatic carbocycles. The minimum absolute atomic E-state index is 0.123. The van der Waals surface area contributed by atoms with Gasteiger partial charge in [0.15, 0.2) is 11.6 Å². The first-order valence-electron chi connectivity index (χ1n) is 9.05. The minimum Gasteiger partial charge on any atom is -0.369 e. The van der Waals surface area contributed by atoms with Crippen LogP contribution < -0.4 is 0 Å². The van der Waals surface area contributed by atoms with Crippen LogP contribution in [0.25, 0.3) is 0 Å². The highest BCUT2D eigenvalue weighted by molar-refractivity contribution is 5.02. The number of hydrogen-bond donors (Lipinski definition) is 0. The second-order valence-electron chi connectivity index (χ2n) is 8.35. The normalized spacial score (nSPS) is 60.5. The molecule has 5 aliphatic heterocycles. The summed E-state index contributed by atoms with van der Waals surface area (Å²) in [5.74, 6) is -0.928. The molecular weight excluding hydrogens is 300 g/mol. The van der Waals surface area contributed by atoms with Crippen LogP contribution in [-0.4, -0.2) is 62.4 Å². The van der Waals surface area contributed by atoms with Gasteiger partial charge in [0.25, 0.3) is 0 Å². The first-order chi connectivity index (χ1) is 11.2. The Labute approximate surface area is 135 Å². The molecule has 0 aromatic carbocycles. The van der Waals surface area contributed by atoms with Crippen LogP contribution in [0.1, 0.15) is 38.5 Å². The largest absolute Gasteiger partial charge is 0.369 e. The van der Waals surface area contributed by atoms with Gasteiger partial charge in [-0.2, -0.15) is 0 Å². The summed E-state index contributed by atoms with van der Waals surface area (Å²) in [6, 6.07) is 0. The summed E-state index contributed by atoms with van der Waals surface area (Å²) in [5, 5.41) is 0. The quantitative estimate of drug-likeness (QED) is 0.627. The van der Waals surface area contributed by atoms with Gasteiger partial charge < -0.3 is 28.4 Å². The zero-order chi connectivity index (χ0) is 15.1. The Morgan fingerprint density at radius 3 is 2.13 bits per heavy atom. The van der Waals surface area contributed by atoms with E-state index in [2.05, 4.69) is 0 Å². The SMILES string of the molecule is C1CC2(OCC3(COC4(CCC5OC5C4)OC3)CO2)C2CC1O2. The Kier molecular flexibility index (Phi) is 2.72. The molecule has 7 fully saturated rings. The van der Waals surface area contributed by atoms with Gasteiger partial charge in [0.05, 0.1) is 50.2 Å². The predicted octanol–water partition coefficient (Wildman–Crippen LogP) is 1.36. The van der Waals surface area contributed by atoms with Crippen LogP contribution in [0.15, 0.2) is 0 Å². The summed E-state index contributed by atoms with van der Waals surface area (Å²) < 4.78 is 36.3. The van der Waals surface area contributed by atoms with Gasteiger partial charge in [0.2, 0.25) is 0 Å². The molecule has 0 N–H and O–H groups in total. The average molecular weight is 324 g/mol. The van der Waals surface area contributed by atoms with E-state index in [4.69, 9.17) is 28.4 Å². The molecule has 0 amide bonds. The summed E-state index contributed by atoms with van der Waals surface area (Å²) in [6.45, 7) is 2.57. The maximum absolute atomic E-state index is 6.22. The molecule has 4 atom stereocenters. The topological polar surface area (TPSA) is 58.7 Å². The molecule has 4 unspecified atom stereocenters. The van der Waals surface area contributed by atoms with Gasteiger partial charge >= 0.3 is 0 Å². The molecule has 128 valence electrons. The molecule has 6 nitrogen and oxygen atoms in total. The maximum Gasteiger partial charge on any atom is 0.194 e. The van der Waals surface area contributed by atoms with Crippen LogP contribution in [0.5, 0.6) is 0 Å². The number of rotatable bonds is 0. The van der Waals surface area contributed by atoms with Crippen molar-refractivity contribution in [3.8, 4) is 0 Å². The standard InChI is InChI=1S/C17H24O6/c1-4-17(14-5-11(1)22-14)20-9-15(10-21-17)7-18-16(19-8-15)3-2-12-13(6-16)23-12/h11-14H,1-10H2. The lowest BCUT2D eigenvalue weighted by molar-refractivity contribution is -0.419. The number of hydrogen-bond acceptors (Lipinski definition) is 6. The van der Waals surface area contributed by atoms with E-state index in [0.717, 1.165) is 38.5 Å². The number of ether oxygens (including phenoxy) is 6. The van der Waals surface area contributed by atoms with E-state index in [1.54, 1.807) is 0 Å². The van der Waals surface area contributed by atoms with E-state index in [1.807, 2.05) is 0 Å². The predicted molar refractivity (Wildman–Crippen MR) is 76.7 cm³/mol. The maximum atomic E-state index is 6.22. The van der Waals surface area contributed by atoms with Crippen molar-refractivity contribution < 1.29 is 28.4 Å². The van der Waals surface area contributed by atoms with Gasteiger partial charge in [-0.15, -0.1) is 0 Å². The Morgan fingerprint density at radius 1 is 0.739 bits per heavy atom. The summed E-state index contributed by atoms with van der Waals surface area (Å²) in [5.41, 5.74) is -0.168. The summed E-state index contributed by atoms with van der Waals surface area (Å²) in [4.78, 5) is 0. The molecule has 0 aromatic heterocycles. The number of fused-ring (bicyclic) bond motifs is 2. The van der Waals surface area contributed by atoms with E-state index >= 15 is 0 Å². The third-order valence-corrected chi connectivity index (χ3v) is 6.68. The van der Waals surface area contributed by atoms with E-state index < -0.39 is 11.6 Å². The first-order valence-corrected chi connectivity index (χ1v) is 9.05. The number of epoxide rings is 1. The van der Waals surface area contributed by atoms with Crippen molar-refractivity contribution in [2.75, 3.05) is 26.4 Å². The lowest BCUT2D eigenvalue weighted by atomic mass is 9.81. The highest BCUT2D eigenvalue weighted by Gasteiger charge is 2.60.